The summed E-state index contributed by atoms with van der Waals surface area (Å²) in [6.07, 6.45) is -4.54. The van der Waals surface area contributed by atoms with Gasteiger partial charge in [0.2, 0.25) is 5.95 Å². The summed E-state index contributed by atoms with van der Waals surface area (Å²) in [7, 11) is 1.57. The molecule has 1 heterocycles. The number of nitrogens with zero attached hydrogens (tertiary/aromatic N) is 2. The topological polar surface area (TPSA) is 29.9 Å². The van der Waals surface area contributed by atoms with Crippen LogP contribution in [0, 0.1) is 4.64 Å². The monoisotopic (exact) mass is 335 g/mol. The average molecular weight is 335 g/mol. The Morgan fingerprint density at radius 3 is 2.52 bits per heavy atom. The molecule has 3 rings (SSSR count). The molecule has 0 unspecified atom stereocenters. The number of halogens is 3. The molecule has 0 aliphatic heterocycles. The summed E-state index contributed by atoms with van der Waals surface area (Å²) in [5.74, 6) is 0.0428. The van der Waals surface area contributed by atoms with E-state index in [-0.39, 0.29) is 10.6 Å². The van der Waals surface area contributed by atoms with Crippen LogP contribution in [-0.2, 0) is 13.2 Å². The predicted molar refractivity (Wildman–Crippen MR) is 86.3 cm³/mol. The van der Waals surface area contributed by atoms with E-state index in [0.717, 1.165) is 16.8 Å². The van der Waals surface area contributed by atoms with Crippen molar-refractivity contribution >= 4 is 34.6 Å². The van der Waals surface area contributed by atoms with Crippen molar-refractivity contribution in [2.24, 2.45) is 7.05 Å². The molecule has 0 aliphatic carbocycles. The Kier molecular flexibility index (Phi) is 3.81. The predicted octanol–water partition coefficient (Wildman–Crippen LogP) is 5.07. The number of benzene rings is 2. The largest absolute Gasteiger partial charge is 0.433 e. The summed E-state index contributed by atoms with van der Waals surface area (Å²) in [6, 6.07) is 14.0. The summed E-state index contributed by atoms with van der Waals surface area (Å²) in [4.78, 5) is 3.67. The van der Waals surface area contributed by atoms with Crippen LogP contribution in [0.5, 0.6) is 0 Å². The maximum Gasteiger partial charge on any atom is 0.433 e. The van der Waals surface area contributed by atoms with Crippen LogP contribution in [0.1, 0.15) is 5.69 Å². The third-order valence-electron chi connectivity index (χ3n) is 3.46. The SMILES string of the molecule is Cn1c(Nc2cccc3ccccc23)nc(C(F)(F)F)cc1=S. The van der Waals surface area contributed by atoms with E-state index in [4.69, 9.17) is 12.2 Å². The van der Waals surface area contributed by atoms with Gasteiger partial charge in [0.15, 0.2) is 5.69 Å². The molecule has 2 aromatic carbocycles. The van der Waals surface area contributed by atoms with E-state index in [0.29, 0.717) is 5.69 Å². The molecule has 118 valence electrons. The van der Waals surface area contributed by atoms with Crippen LogP contribution in [0.25, 0.3) is 10.8 Å². The Balaban J connectivity index is 2.12. The number of hydrogen-bond acceptors (Lipinski definition) is 3. The molecule has 0 saturated heterocycles. The van der Waals surface area contributed by atoms with Gasteiger partial charge >= 0.3 is 6.18 Å². The zero-order valence-corrected chi connectivity index (χ0v) is 12.9. The lowest BCUT2D eigenvalue weighted by Crippen LogP contribution is -2.14. The minimum Gasteiger partial charge on any atom is -0.325 e. The highest BCUT2D eigenvalue weighted by atomic mass is 32.1. The third-order valence-corrected chi connectivity index (χ3v) is 3.85. The van der Waals surface area contributed by atoms with Gasteiger partial charge in [-0.05, 0) is 11.5 Å². The lowest BCUT2D eigenvalue weighted by atomic mass is 10.1. The van der Waals surface area contributed by atoms with Gasteiger partial charge in [0, 0.05) is 24.2 Å². The van der Waals surface area contributed by atoms with Crippen molar-refractivity contribution in [3.8, 4) is 0 Å². The molecule has 0 aliphatic rings. The van der Waals surface area contributed by atoms with Gasteiger partial charge in [-0.15, -0.1) is 0 Å². The molecule has 0 amide bonds. The minimum absolute atomic E-state index is 0.0428. The molecule has 0 radical (unpaired) electrons. The highest BCUT2D eigenvalue weighted by Crippen LogP contribution is 2.30. The summed E-state index contributed by atoms with van der Waals surface area (Å²) in [6.45, 7) is 0. The molecular formula is C16H12F3N3S. The third kappa shape index (κ3) is 3.05. The molecule has 0 saturated carbocycles. The lowest BCUT2D eigenvalue weighted by Gasteiger charge is -2.15. The summed E-state index contributed by atoms with van der Waals surface area (Å²) >= 11 is 4.99. The van der Waals surface area contributed by atoms with Gasteiger partial charge in [-0.1, -0.05) is 48.6 Å². The standard InChI is InChI=1S/C16H12F3N3S/c1-22-14(23)9-13(16(17,18)19)21-15(22)20-12-8-4-6-10-5-2-3-7-11(10)12/h2-9H,1H3,(H,20,21). The van der Waals surface area contributed by atoms with Gasteiger partial charge in [-0.25, -0.2) is 4.98 Å². The fourth-order valence-corrected chi connectivity index (χ4v) is 2.45. The van der Waals surface area contributed by atoms with Crippen molar-refractivity contribution in [2.45, 2.75) is 6.18 Å². The Labute approximate surface area is 135 Å². The van der Waals surface area contributed by atoms with E-state index < -0.39 is 11.9 Å². The average Bonchev–Trinajstić information content (AvgIpc) is 2.51. The van der Waals surface area contributed by atoms with Crippen LogP contribution < -0.4 is 5.32 Å². The van der Waals surface area contributed by atoms with Crippen LogP contribution in [0.15, 0.2) is 48.5 Å². The van der Waals surface area contributed by atoms with Crippen molar-refractivity contribution in [1.82, 2.24) is 9.55 Å². The zero-order valence-electron chi connectivity index (χ0n) is 12.1. The van der Waals surface area contributed by atoms with E-state index in [1.807, 2.05) is 36.4 Å². The molecule has 0 spiro atoms. The second-order valence-corrected chi connectivity index (χ2v) is 5.43. The Morgan fingerprint density at radius 1 is 1.09 bits per heavy atom. The van der Waals surface area contributed by atoms with Gasteiger partial charge in [0.25, 0.3) is 0 Å². The van der Waals surface area contributed by atoms with Crippen molar-refractivity contribution in [3.63, 3.8) is 0 Å². The van der Waals surface area contributed by atoms with E-state index in [1.54, 1.807) is 13.1 Å². The smallest absolute Gasteiger partial charge is 0.325 e. The Bertz CT molecular complexity index is 926. The van der Waals surface area contributed by atoms with Crippen molar-refractivity contribution in [1.29, 1.82) is 0 Å². The quantitative estimate of drug-likeness (QED) is 0.664. The van der Waals surface area contributed by atoms with Gasteiger partial charge in [0.1, 0.15) is 4.64 Å². The number of nitrogens with one attached hydrogen (secondary N) is 1. The van der Waals surface area contributed by atoms with E-state index in [9.17, 15) is 13.2 Å². The summed E-state index contributed by atoms with van der Waals surface area (Å²) in [5, 5.41) is 4.82. The van der Waals surface area contributed by atoms with Crippen molar-refractivity contribution in [2.75, 3.05) is 5.32 Å². The maximum atomic E-state index is 12.9. The van der Waals surface area contributed by atoms with Crippen LogP contribution in [0.2, 0.25) is 0 Å². The first-order valence-corrected chi connectivity index (χ1v) is 7.17. The molecule has 3 aromatic rings. The van der Waals surface area contributed by atoms with Crippen LogP contribution in [-0.4, -0.2) is 9.55 Å². The highest BCUT2D eigenvalue weighted by Gasteiger charge is 2.33. The van der Waals surface area contributed by atoms with Crippen molar-refractivity contribution < 1.29 is 13.2 Å². The lowest BCUT2D eigenvalue weighted by molar-refractivity contribution is -0.141. The summed E-state index contributed by atoms with van der Waals surface area (Å²) in [5.41, 5.74) is -0.344. The molecule has 1 aromatic heterocycles. The molecule has 0 bridgehead atoms. The van der Waals surface area contributed by atoms with Crippen LogP contribution in [0.4, 0.5) is 24.8 Å². The number of rotatable bonds is 2. The second-order valence-electron chi connectivity index (χ2n) is 5.01. The van der Waals surface area contributed by atoms with Gasteiger partial charge in [-0.2, -0.15) is 13.2 Å². The number of hydrogen-bond donors (Lipinski definition) is 1. The van der Waals surface area contributed by atoms with E-state index >= 15 is 0 Å². The molecule has 0 atom stereocenters. The molecule has 1 N–H and O–H groups in total. The molecule has 23 heavy (non-hydrogen) atoms. The first-order valence-electron chi connectivity index (χ1n) is 6.76. The minimum atomic E-state index is -4.54. The first kappa shape index (κ1) is 15.5. The van der Waals surface area contributed by atoms with E-state index in [1.165, 1.54) is 4.57 Å². The maximum absolute atomic E-state index is 12.9. The second kappa shape index (κ2) is 5.66. The fourth-order valence-electron chi connectivity index (χ4n) is 2.25. The number of anilines is 2. The number of alkyl halides is 3. The van der Waals surface area contributed by atoms with Gasteiger partial charge in [0.05, 0.1) is 0 Å². The Morgan fingerprint density at radius 2 is 1.78 bits per heavy atom. The van der Waals surface area contributed by atoms with Crippen LogP contribution in [0.3, 0.4) is 0 Å². The van der Waals surface area contributed by atoms with Gasteiger partial charge < -0.3 is 9.88 Å². The molecular weight excluding hydrogens is 323 g/mol. The Hall–Kier alpha value is -2.41. The molecule has 7 heteroatoms. The molecule has 0 fully saturated rings. The summed E-state index contributed by atoms with van der Waals surface area (Å²) < 4.78 is 40.2. The van der Waals surface area contributed by atoms with Gasteiger partial charge in [-0.3, -0.25) is 0 Å². The van der Waals surface area contributed by atoms with Crippen molar-refractivity contribution in [3.05, 3.63) is 58.9 Å². The number of fused-ring (bicyclic) bond motifs is 1. The molecule has 3 nitrogen and oxygen atoms in total. The normalized spacial score (nSPS) is 11.7. The first-order chi connectivity index (χ1) is 10.9. The van der Waals surface area contributed by atoms with Crippen LogP contribution >= 0.6 is 12.2 Å². The number of aromatic nitrogens is 2. The fraction of sp³-hybridized carbons (Fsp3) is 0.125. The van der Waals surface area contributed by atoms with E-state index in [2.05, 4.69) is 10.3 Å². The zero-order chi connectivity index (χ0) is 16.6. The highest BCUT2D eigenvalue weighted by molar-refractivity contribution is 7.71.